The second-order valence-electron chi connectivity index (χ2n) is 9.94. The Morgan fingerprint density at radius 2 is 1.67 bits per heavy atom. The normalized spacial score (nSPS) is 17.5. The third-order valence-corrected chi connectivity index (χ3v) is 7.61. The molecule has 0 bridgehead atoms. The lowest BCUT2D eigenvalue weighted by Gasteiger charge is -2.29. The van der Waals surface area contributed by atoms with E-state index in [0.717, 1.165) is 22.9 Å². The summed E-state index contributed by atoms with van der Waals surface area (Å²) in [6.45, 7) is 13.2. The summed E-state index contributed by atoms with van der Waals surface area (Å²) in [5, 5.41) is 4.35. The van der Waals surface area contributed by atoms with Crippen LogP contribution in [0, 0.1) is 34.6 Å². The van der Waals surface area contributed by atoms with E-state index in [-0.39, 0.29) is 12.1 Å². The lowest BCUT2D eigenvalue weighted by Crippen LogP contribution is -2.29. The van der Waals surface area contributed by atoms with Gasteiger partial charge in [0, 0.05) is 23.3 Å². The van der Waals surface area contributed by atoms with Gasteiger partial charge in [0.05, 0.1) is 23.5 Å². The number of aryl methyl sites for hydroxylation is 5. The zero-order chi connectivity index (χ0) is 25.6. The van der Waals surface area contributed by atoms with Gasteiger partial charge in [-0.05, 0) is 111 Å². The number of pyridine rings is 1. The lowest BCUT2D eigenvalue weighted by atomic mass is 9.96. The molecule has 1 fully saturated rings. The fraction of sp³-hybridized carbons (Fsp3) is 0.290. The summed E-state index contributed by atoms with van der Waals surface area (Å²) in [7, 11) is 0. The summed E-state index contributed by atoms with van der Waals surface area (Å²) < 4.78 is 2.43. The summed E-state index contributed by atoms with van der Waals surface area (Å²) in [6, 6.07) is 21.6. The maximum atomic E-state index is 5.98. The molecule has 5 rings (SSSR count). The molecule has 1 N–H and O–H groups in total. The number of benzene rings is 2. The predicted molar refractivity (Wildman–Crippen MR) is 153 cm³/mol. The molecule has 4 nitrogen and oxygen atoms in total. The molecule has 0 spiro atoms. The van der Waals surface area contributed by atoms with Gasteiger partial charge in [-0.2, -0.15) is 0 Å². The average molecular weight is 495 g/mol. The first-order valence-corrected chi connectivity index (χ1v) is 13.1. The van der Waals surface area contributed by atoms with Crippen molar-refractivity contribution in [1.82, 2.24) is 14.9 Å². The summed E-state index contributed by atoms with van der Waals surface area (Å²) >= 11 is 5.98. The van der Waals surface area contributed by atoms with Crippen LogP contribution in [0.1, 0.15) is 63.9 Å². The van der Waals surface area contributed by atoms with Crippen molar-refractivity contribution in [3.8, 4) is 5.69 Å². The van der Waals surface area contributed by atoms with Crippen LogP contribution < -0.4 is 10.2 Å². The molecule has 184 valence electrons. The number of nitrogens with zero attached hydrogens (tertiary/aromatic N) is 3. The van der Waals surface area contributed by atoms with E-state index in [2.05, 4.69) is 105 Å². The smallest absolute Gasteiger partial charge is 0.174 e. The highest BCUT2D eigenvalue weighted by Gasteiger charge is 2.42. The van der Waals surface area contributed by atoms with Crippen molar-refractivity contribution in [2.45, 2.75) is 60.0 Å². The Balaban J connectivity index is 1.73. The number of hydrogen-bond acceptors (Lipinski definition) is 2. The maximum Gasteiger partial charge on any atom is 0.174 e. The van der Waals surface area contributed by atoms with Gasteiger partial charge >= 0.3 is 0 Å². The molecule has 4 aromatic rings. The van der Waals surface area contributed by atoms with Crippen molar-refractivity contribution in [2.75, 3.05) is 4.90 Å². The highest BCUT2D eigenvalue weighted by atomic mass is 32.1. The largest absolute Gasteiger partial charge is 0.351 e. The third kappa shape index (κ3) is 4.11. The van der Waals surface area contributed by atoms with Crippen molar-refractivity contribution >= 4 is 23.0 Å². The second kappa shape index (κ2) is 9.55. The Bertz CT molecular complexity index is 1420. The molecule has 0 aliphatic carbocycles. The monoisotopic (exact) mass is 494 g/mol. The van der Waals surface area contributed by atoms with Gasteiger partial charge in [-0.15, -0.1) is 0 Å². The van der Waals surface area contributed by atoms with E-state index in [0.29, 0.717) is 0 Å². The van der Waals surface area contributed by atoms with Crippen LogP contribution in [-0.4, -0.2) is 14.7 Å². The standard InChI is InChI=1S/C31H34N4S/c1-7-24-12-10-11-21(4)29(24)34-22(5)18-26(23(34)6)30-28(27-13-8-9-14-32-27)33-31(36)35(30)25-16-19(2)15-20(3)17-25/h8-18,28,30H,7H2,1-6H3,(H,33,36)/t28-,30+/m0/s1. The van der Waals surface area contributed by atoms with Gasteiger partial charge in [-0.25, -0.2) is 0 Å². The molecule has 5 heteroatoms. The molecule has 0 amide bonds. The molecular weight excluding hydrogens is 460 g/mol. The van der Waals surface area contributed by atoms with Crippen LogP contribution >= 0.6 is 12.2 Å². The summed E-state index contributed by atoms with van der Waals surface area (Å²) in [6.07, 6.45) is 2.85. The van der Waals surface area contributed by atoms with Gasteiger partial charge in [0.2, 0.25) is 0 Å². The topological polar surface area (TPSA) is 33.1 Å². The number of rotatable bonds is 5. The summed E-state index contributed by atoms with van der Waals surface area (Å²) in [5.74, 6) is 0. The first kappa shape index (κ1) is 24.3. The van der Waals surface area contributed by atoms with E-state index in [1.165, 1.54) is 44.9 Å². The fourth-order valence-corrected chi connectivity index (χ4v) is 6.14. The molecule has 0 radical (unpaired) electrons. The van der Waals surface area contributed by atoms with Crippen LogP contribution in [0.5, 0.6) is 0 Å². The third-order valence-electron chi connectivity index (χ3n) is 7.30. The van der Waals surface area contributed by atoms with E-state index in [1.807, 2.05) is 18.3 Å². The van der Waals surface area contributed by atoms with Gasteiger partial charge in [0.15, 0.2) is 5.11 Å². The molecule has 3 heterocycles. The average Bonchev–Trinajstić information content (AvgIpc) is 3.34. The van der Waals surface area contributed by atoms with E-state index in [1.54, 1.807) is 0 Å². The highest BCUT2D eigenvalue weighted by Crippen LogP contribution is 2.44. The predicted octanol–water partition coefficient (Wildman–Crippen LogP) is 7.15. The van der Waals surface area contributed by atoms with E-state index in [4.69, 9.17) is 17.2 Å². The first-order chi connectivity index (χ1) is 17.3. The van der Waals surface area contributed by atoms with Crippen LogP contribution in [0.15, 0.2) is 66.9 Å². The molecule has 1 aliphatic rings. The number of nitrogens with one attached hydrogen (secondary N) is 1. The van der Waals surface area contributed by atoms with Crippen LogP contribution in [0.2, 0.25) is 0 Å². The summed E-state index contributed by atoms with van der Waals surface area (Å²) in [5.41, 5.74) is 12.2. The number of hydrogen-bond donors (Lipinski definition) is 1. The summed E-state index contributed by atoms with van der Waals surface area (Å²) in [4.78, 5) is 7.03. The molecule has 2 aromatic heterocycles. The van der Waals surface area contributed by atoms with Crippen LogP contribution in [0.4, 0.5) is 5.69 Å². The van der Waals surface area contributed by atoms with Gasteiger partial charge in [0.25, 0.3) is 0 Å². The van der Waals surface area contributed by atoms with E-state index >= 15 is 0 Å². The molecule has 1 aliphatic heterocycles. The molecule has 2 aromatic carbocycles. The molecule has 36 heavy (non-hydrogen) atoms. The van der Waals surface area contributed by atoms with E-state index < -0.39 is 0 Å². The number of anilines is 1. The second-order valence-corrected chi connectivity index (χ2v) is 10.3. The SMILES string of the molecule is CCc1cccc(C)c1-n1c(C)cc([C@@H]2[C@H](c3ccccn3)NC(=S)N2c2cc(C)cc(C)c2)c1C. The Morgan fingerprint density at radius 3 is 2.33 bits per heavy atom. The lowest BCUT2D eigenvalue weighted by molar-refractivity contribution is 0.565. The maximum absolute atomic E-state index is 5.98. The minimum atomic E-state index is -0.0593. The Hall–Kier alpha value is -3.44. The molecule has 1 saturated heterocycles. The number of aromatic nitrogens is 2. The number of thiocarbonyl (C=S) groups is 1. The van der Waals surface area contributed by atoms with Crippen molar-refractivity contribution < 1.29 is 0 Å². The minimum absolute atomic E-state index is 0.0253. The molecule has 2 atom stereocenters. The van der Waals surface area contributed by atoms with Crippen molar-refractivity contribution in [3.63, 3.8) is 0 Å². The van der Waals surface area contributed by atoms with Gasteiger partial charge in [-0.1, -0.05) is 37.3 Å². The quantitative estimate of drug-likeness (QED) is 0.299. The Kier molecular flexibility index (Phi) is 6.44. The molecule has 0 saturated carbocycles. The number of para-hydroxylation sites is 1. The first-order valence-electron chi connectivity index (χ1n) is 12.7. The van der Waals surface area contributed by atoms with Crippen molar-refractivity contribution in [1.29, 1.82) is 0 Å². The van der Waals surface area contributed by atoms with Crippen molar-refractivity contribution in [2.24, 2.45) is 0 Å². The minimum Gasteiger partial charge on any atom is -0.351 e. The fourth-order valence-electron chi connectivity index (χ4n) is 5.79. The van der Waals surface area contributed by atoms with Gasteiger partial charge < -0.3 is 14.8 Å². The zero-order valence-electron chi connectivity index (χ0n) is 22.0. The molecular formula is C31H34N4S. The van der Waals surface area contributed by atoms with E-state index in [9.17, 15) is 0 Å². The van der Waals surface area contributed by atoms with Crippen LogP contribution in [0.3, 0.4) is 0 Å². The van der Waals surface area contributed by atoms with Gasteiger partial charge in [-0.3, -0.25) is 4.98 Å². The van der Waals surface area contributed by atoms with Crippen molar-refractivity contribution in [3.05, 3.63) is 112 Å². The molecule has 0 unspecified atom stereocenters. The zero-order valence-corrected chi connectivity index (χ0v) is 22.8. The highest BCUT2D eigenvalue weighted by molar-refractivity contribution is 7.80. The Labute approximate surface area is 220 Å². The van der Waals surface area contributed by atoms with Gasteiger partial charge in [0.1, 0.15) is 0 Å². The Morgan fingerprint density at radius 1 is 0.917 bits per heavy atom. The van der Waals surface area contributed by atoms with Crippen LogP contribution in [-0.2, 0) is 6.42 Å². The van der Waals surface area contributed by atoms with Crippen LogP contribution in [0.25, 0.3) is 5.69 Å².